The highest BCUT2D eigenvalue weighted by Crippen LogP contribution is 2.39. The van der Waals surface area contributed by atoms with E-state index in [0.717, 1.165) is 43.2 Å². The van der Waals surface area contributed by atoms with E-state index >= 15 is 0 Å². The molecule has 0 radical (unpaired) electrons. The molecule has 8 heteroatoms. The minimum atomic E-state index is -3.03. The summed E-state index contributed by atoms with van der Waals surface area (Å²) in [5.41, 5.74) is 1.71. The van der Waals surface area contributed by atoms with E-state index in [4.69, 9.17) is 0 Å². The van der Waals surface area contributed by atoms with Crippen LogP contribution in [-0.4, -0.2) is 19.5 Å². The summed E-state index contributed by atoms with van der Waals surface area (Å²) in [6.45, 7) is -1.33. The maximum absolute atomic E-state index is 14.2. The van der Waals surface area contributed by atoms with Crippen molar-refractivity contribution in [3.8, 4) is 5.75 Å². The van der Waals surface area contributed by atoms with E-state index in [1.165, 1.54) is 24.3 Å². The highest BCUT2D eigenvalue weighted by atomic mass is 19.3. The van der Waals surface area contributed by atoms with Gasteiger partial charge in [-0.3, -0.25) is 4.39 Å². The third-order valence-electron chi connectivity index (χ3n) is 7.75. The van der Waals surface area contributed by atoms with E-state index < -0.39 is 36.0 Å². The molecule has 2 fully saturated rings. The van der Waals surface area contributed by atoms with Crippen LogP contribution in [0.3, 0.4) is 0 Å². The predicted molar refractivity (Wildman–Crippen MR) is 135 cm³/mol. The standard InChI is InChI=1S/C17H23F3.C13H14F4O/c1-2-3-13-10-15(19)17(16(20)11-13)14-6-4-12(5-7-14)8-9-18;14-10-4-1-8(2-5-10)9-3-6-12(11(15)7-9)18-13(16)17/h10-12,14H,2-9H2,1H3;3,6-8,10,13H,1-2,4-5H2. The predicted octanol–water partition coefficient (Wildman–Crippen LogP) is 9.97. The van der Waals surface area contributed by atoms with Crippen molar-refractivity contribution in [2.75, 3.05) is 6.67 Å². The summed E-state index contributed by atoms with van der Waals surface area (Å²) in [5.74, 6) is -1.59. The van der Waals surface area contributed by atoms with Gasteiger partial charge in [-0.15, -0.1) is 0 Å². The van der Waals surface area contributed by atoms with Crippen LogP contribution in [0, 0.1) is 23.4 Å². The molecule has 38 heavy (non-hydrogen) atoms. The van der Waals surface area contributed by atoms with E-state index in [2.05, 4.69) is 4.74 Å². The molecule has 212 valence electrons. The second kappa shape index (κ2) is 14.8. The lowest BCUT2D eigenvalue weighted by Gasteiger charge is -2.28. The van der Waals surface area contributed by atoms with Crippen LogP contribution in [0.5, 0.6) is 5.75 Å². The minimum absolute atomic E-state index is 0.0402. The lowest BCUT2D eigenvalue weighted by molar-refractivity contribution is -0.0522. The zero-order valence-electron chi connectivity index (χ0n) is 21.8. The average molecular weight is 547 g/mol. The van der Waals surface area contributed by atoms with Crippen LogP contribution in [0.25, 0.3) is 0 Å². The van der Waals surface area contributed by atoms with Gasteiger partial charge in [0.1, 0.15) is 17.8 Å². The highest BCUT2D eigenvalue weighted by molar-refractivity contribution is 5.32. The van der Waals surface area contributed by atoms with Gasteiger partial charge in [0.15, 0.2) is 11.6 Å². The number of rotatable bonds is 8. The molecule has 2 aromatic rings. The summed E-state index contributed by atoms with van der Waals surface area (Å²) in [6.07, 6.45) is 6.98. The Kier molecular flexibility index (Phi) is 11.8. The first kappa shape index (κ1) is 30.3. The van der Waals surface area contributed by atoms with Gasteiger partial charge in [0.05, 0.1) is 6.67 Å². The molecule has 2 aliphatic carbocycles. The first-order chi connectivity index (χ1) is 18.2. The zero-order valence-corrected chi connectivity index (χ0v) is 21.8. The second-order valence-electron chi connectivity index (χ2n) is 10.4. The Hall–Kier alpha value is -2.25. The molecule has 0 unspecified atom stereocenters. The minimum Gasteiger partial charge on any atom is -0.432 e. The second-order valence-corrected chi connectivity index (χ2v) is 10.4. The molecular formula is C30H37F7O. The summed E-state index contributed by atoms with van der Waals surface area (Å²) in [4.78, 5) is 0. The van der Waals surface area contributed by atoms with Gasteiger partial charge in [0, 0.05) is 5.56 Å². The zero-order chi connectivity index (χ0) is 27.7. The number of hydrogen-bond donors (Lipinski definition) is 0. The summed E-state index contributed by atoms with van der Waals surface area (Å²) in [7, 11) is 0. The van der Waals surface area contributed by atoms with Gasteiger partial charge in [-0.2, -0.15) is 8.78 Å². The van der Waals surface area contributed by atoms with Gasteiger partial charge >= 0.3 is 6.61 Å². The quantitative estimate of drug-likeness (QED) is 0.299. The molecule has 4 rings (SSSR count). The number of hydrogen-bond acceptors (Lipinski definition) is 1. The van der Waals surface area contributed by atoms with Crippen molar-refractivity contribution in [3.63, 3.8) is 0 Å². The van der Waals surface area contributed by atoms with Crippen LogP contribution < -0.4 is 4.74 Å². The lowest BCUT2D eigenvalue weighted by atomic mass is 9.77. The van der Waals surface area contributed by atoms with Crippen LogP contribution in [0.4, 0.5) is 30.7 Å². The summed E-state index contributed by atoms with van der Waals surface area (Å²) in [6, 6.07) is 6.95. The van der Waals surface area contributed by atoms with Gasteiger partial charge in [-0.1, -0.05) is 19.4 Å². The maximum Gasteiger partial charge on any atom is 0.387 e. The van der Waals surface area contributed by atoms with Gasteiger partial charge < -0.3 is 4.74 Å². The Morgan fingerprint density at radius 1 is 0.816 bits per heavy atom. The fourth-order valence-corrected chi connectivity index (χ4v) is 5.70. The number of aryl methyl sites for hydroxylation is 1. The number of ether oxygens (including phenoxy) is 1. The smallest absolute Gasteiger partial charge is 0.387 e. The SMILES string of the molecule is CCCc1cc(F)c(C2CCC(CCF)CC2)c(F)c1.Fc1cc(C2CCC(F)CC2)ccc1OC(F)F. The molecule has 0 aromatic heterocycles. The molecule has 2 aliphatic rings. The molecule has 0 bridgehead atoms. The molecular weight excluding hydrogens is 509 g/mol. The van der Waals surface area contributed by atoms with Crippen molar-refractivity contribution in [3.05, 3.63) is 64.5 Å². The molecule has 0 atom stereocenters. The largest absolute Gasteiger partial charge is 0.432 e. The first-order valence-electron chi connectivity index (χ1n) is 13.6. The molecule has 2 saturated carbocycles. The Labute approximate surface area is 220 Å². The van der Waals surface area contributed by atoms with Crippen molar-refractivity contribution in [1.82, 2.24) is 0 Å². The normalized spacial score (nSPS) is 23.6. The molecule has 0 heterocycles. The van der Waals surface area contributed by atoms with E-state index in [9.17, 15) is 30.7 Å². The monoisotopic (exact) mass is 546 g/mol. The molecule has 0 N–H and O–H groups in total. The van der Waals surface area contributed by atoms with Crippen LogP contribution in [-0.2, 0) is 6.42 Å². The third-order valence-corrected chi connectivity index (χ3v) is 7.75. The third kappa shape index (κ3) is 8.63. The summed E-state index contributed by atoms with van der Waals surface area (Å²) >= 11 is 0. The fraction of sp³-hybridized carbons (Fsp3) is 0.600. The van der Waals surface area contributed by atoms with E-state index in [-0.39, 0.29) is 24.1 Å². The average Bonchev–Trinajstić information content (AvgIpc) is 2.87. The molecule has 0 amide bonds. The fourth-order valence-electron chi connectivity index (χ4n) is 5.70. The van der Waals surface area contributed by atoms with Gasteiger partial charge in [0.2, 0.25) is 0 Å². The molecule has 1 nitrogen and oxygen atoms in total. The number of alkyl halides is 4. The van der Waals surface area contributed by atoms with Gasteiger partial charge in [-0.25, -0.2) is 17.6 Å². The van der Waals surface area contributed by atoms with Crippen LogP contribution in [0.15, 0.2) is 30.3 Å². The van der Waals surface area contributed by atoms with Gasteiger partial charge in [-0.05, 0) is 117 Å². The van der Waals surface area contributed by atoms with Crippen molar-refractivity contribution >= 4 is 0 Å². The van der Waals surface area contributed by atoms with Crippen molar-refractivity contribution in [1.29, 1.82) is 0 Å². The maximum atomic E-state index is 14.2. The van der Waals surface area contributed by atoms with E-state index in [0.29, 0.717) is 44.4 Å². The van der Waals surface area contributed by atoms with Crippen molar-refractivity contribution < 1.29 is 35.5 Å². The number of halogens is 7. The van der Waals surface area contributed by atoms with E-state index in [1.807, 2.05) is 6.92 Å². The molecule has 2 aromatic carbocycles. The van der Waals surface area contributed by atoms with Crippen LogP contribution >= 0.6 is 0 Å². The lowest BCUT2D eigenvalue weighted by Crippen LogP contribution is -2.16. The highest BCUT2D eigenvalue weighted by Gasteiger charge is 2.27. The topological polar surface area (TPSA) is 9.23 Å². The summed E-state index contributed by atoms with van der Waals surface area (Å²) < 4.78 is 95.1. The van der Waals surface area contributed by atoms with Crippen molar-refractivity contribution in [2.24, 2.45) is 5.92 Å². The Morgan fingerprint density at radius 3 is 1.95 bits per heavy atom. The molecule has 0 aliphatic heterocycles. The molecule has 0 spiro atoms. The summed E-state index contributed by atoms with van der Waals surface area (Å²) in [5, 5.41) is 0. The molecule has 0 saturated heterocycles. The Morgan fingerprint density at radius 2 is 1.42 bits per heavy atom. The van der Waals surface area contributed by atoms with Crippen LogP contribution in [0.1, 0.15) is 99.7 Å². The first-order valence-corrected chi connectivity index (χ1v) is 13.6. The van der Waals surface area contributed by atoms with Crippen LogP contribution in [0.2, 0.25) is 0 Å². The van der Waals surface area contributed by atoms with Crippen molar-refractivity contribution in [2.45, 2.75) is 102 Å². The number of benzene rings is 2. The Bertz CT molecular complexity index is 973. The van der Waals surface area contributed by atoms with E-state index in [1.54, 1.807) is 6.07 Å². The van der Waals surface area contributed by atoms with Gasteiger partial charge in [0.25, 0.3) is 0 Å². The Balaban J connectivity index is 0.000000212.